The van der Waals surface area contributed by atoms with Gasteiger partial charge in [0, 0.05) is 18.6 Å². The molecule has 0 aliphatic heterocycles. The third kappa shape index (κ3) is 2.86. The molecule has 1 aromatic heterocycles. The fourth-order valence-corrected chi connectivity index (χ4v) is 2.80. The Morgan fingerprint density at radius 2 is 2.00 bits per heavy atom. The monoisotopic (exact) mass is 267 g/mol. The van der Waals surface area contributed by atoms with E-state index >= 15 is 0 Å². The second-order valence-corrected chi connectivity index (χ2v) is 5.36. The van der Waals surface area contributed by atoms with Gasteiger partial charge in [0.15, 0.2) is 0 Å². The molecular weight excluding hydrogens is 254 g/mol. The van der Waals surface area contributed by atoms with E-state index in [4.69, 9.17) is 16.7 Å². The van der Waals surface area contributed by atoms with Crippen molar-refractivity contribution in [2.75, 3.05) is 6.61 Å². The molecule has 0 aliphatic rings. The van der Waals surface area contributed by atoms with E-state index < -0.39 is 0 Å². The summed E-state index contributed by atoms with van der Waals surface area (Å²) in [4.78, 5) is 4.45. The number of rotatable bonds is 4. The Balaban J connectivity index is 2.29. The van der Waals surface area contributed by atoms with Gasteiger partial charge < -0.3 is 5.11 Å². The first kappa shape index (κ1) is 12.6. The molecular formula is C13H14ClNOS. The Kier molecular flexibility index (Phi) is 4.15. The van der Waals surface area contributed by atoms with Crippen molar-refractivity contribution in [1.29, 1.82) is 0 Å². The zero-order valence-corrected chi connectivity index (χ0v) is 11.2. The molecule has 2 rings (SSSR count). The predicted molar refractivity (Wildman–Crippen MR) is 72.7 cm³/mol. The largest absolute Gasteiger partial charge is 0.396 e. The third-order valence-electron chi connectivity index (χ3n) is 2.61. The number of thiazole rings is 1. The molecule has 17 heavy (non-hydrogen) atoms. The minimum atomic E-state index is 0.0810. The molecule has 0 saturated heterocycles. The van der Waals surface area contributed by atoms with Gasteiger partial charge in [-0.15, -0.1) is 11.3 Å². The van der Waals surface area contributed by atoms with Crippen LogP contribution in [-0.4, -0.2) is 16.7 Å². The lowest BCUT2D eigenvalue weighted by atomic mass is 10.1. The number of hydrogen-bond donors (Lipinski definition) is 1. The molecule has 0 amide bonds. The van der Waals surface area contributed by atoms with Crippen molar-refractivity contribution in [3.05, 3.63) is 39.9 Å². The van der Waals surface area contributed by atoms with E-state index in [1.807, 2.05) is 0 Å². The van der Waals surface area contributed by atoms with Crippen LogP contribution in [0.1, 0.15) is 18.2 Å². The van der Waals surface area contributed by atoms with Crippen molar-refractivity contribution >= 4 is 22.9 Å². The SMILES string of the molecule is CCc1ccc(-c2nc(CCO)c(Cl)s2)cc1. The van der Waals surface area contributed by atoms with E-state index in [1.54, 1.807) is 0 Å². The van der Waals surface area contributed by atoms with Crippen molar-refractivity contribution < 1.29 is 5.11 Å². The highest BCUT2D eigenvalue weighted by Gasteiger charge is 2.10. The van der Waals surface area contributed by atoms with Crippen LogP contribution in [0.5, 0.6) is 0 Å². The maximum atomic E-state index is 8.90. The molecule has 0 spiro atoms. The summed E-state index contributed by atoms with van der Waals surface area (Å²) in [6, 6.07) is 8.35. The van der Waals surface area contributed by atoms with Gasteiger partial charge in [0.05, 0.1) is 5.69 Å². The summed E-state index contributed by atoms with van der Waals surface area (Å²) in [5.74, 6) is 0. The van der Waals surface area contributed by atoms with E-state index in [9.17, 15) is 0 Å². The first-order valence-electron chi connectivity index (χ1n) is 5.60. The normalized spacial score (nSPS) is 10.8. The summed E-state index contributed by atoms with van der Waals surface area (Å²) in [5.41, 5.74) is 3.18. The van der Waals surface area contributed by atoms with Crippen LogP contribution < -0.4 is 0 Å². The van der Waals surface area contributed by atoms with Crippen LogP contribution >= 0.6 is 22.9 Å². The van der Waals surface area contributed by atoms with Gasteiger partial charge in [-0.2, -0.15) is 0 Å². The number of aliphatic hydroxyl groups is 1. The Morgan fingerprint density at radius 1 is 1.29 bits per heavy atom. The Labute approximate surface area is 110 Å². The van der Waals surface area contributed by atoms with Crippen LogP contribution in [0.2, 0.25) is 4.34 Å². The molecule has 0 bridgehead atoms. The lowest BCUT2D eigenvalue weighted by Crippen LogP contribution is -1.91. The van der Waals surface area contributed by atoms with Gasteiger partial charge in [-0.05, 0) is 12.0 Å². The standard InChI is InChI=1S/C13H14ClNOS/c1-2-9-3-5-10(6-4-9)13-15-11(7-8-16)12(14)17-13/h3-6,16H,2,7-8H2,1H3. The molecule has 0 fully saturated rings. The molecule has 90 valence electrons. The summed E-state index contributed by atoms with van der Waals surface area (Å²) >= 11 is 7.54. The second kappa shape index (κ2) is 5.63. The molecule has 2 aromatic rings. The maximum absolute atomic E-state index is 8.90. The Bertz CT molecular complexity index is 493. The van der Waals surface area contributed by atoms with Crippen molar-refractivity contribution in [2.24, 2.45) is 0 Å². The van der Waals surface area contributed by atoms with Crippen LogP contribution in [0.3, 0.4) is 0 Å². The van der Waals surface area contributed by atoms with E-state index in [-0.39, 0.29) is 6.61 Å². The highest BCUT2D eigenvalue weighted by Crippen LogP contribution is 2.32. The van der Waals surface area contributed by atoms with E-state index in [0.717, 1.165) is 22.7 Å². The van der Waals surface area contributed by atoms with Gasteiger partial charge in [0.25, 0.3) is 0 Å². The lowest BCUT2D eigenvalue weighted by Gasteiger charge is -1.98. The molecule has 1 aromatic carbocycles. The average Bonchev–Trinajstić information content (AvgIpc) is 2.72. The van der Waals surface area contributed by atoms with Crippen LogP contribution in [0, 0.1) is 0 Å². The predicted octanol–water partition coefficient (Wildman–Crippen LogP) is 3.56. The number of benzene rings is 1. The summed E-state index contributed by atoms with van der Waals surface area (Å²) in [5, 5.41) is 9.82. The summed E-state index contributed by atoms with van der Waals surface area (Å²) in [6.07, 6.45) is 1.55. The first-order chi connectivity index (χ1) is 8.24. The molecule has 0 saturated carbocycles. The third-order valence-corrected chi connectivity index (χ3v) is 3.99. The van der Waals surface area contributed by atoms with Gasteiger partial charge in [-0.1, -0.05) is 42.8 Å². The number of halogens is 1. The fraction of sp³-hybridized carbons (Fsp3) is 0.308. The van der Waals surface area contributed by atoms with Crippen LogP contribution in [0.15, 0.2) is 24.3 Å². The zero-order chi connectivity index (χ0) is 12.3. The topological polar surface area (TPSA) is 33.1 Å². The molecule has 1 N–H and O–H groups in total. The molecule has 2 nitrogen and oxygen atoms in total. The Morgan fingerprint density at radius 3 is 2.59 bits per heavy atom. The highest BCUT2D eigenvalue weighted by molar-refractivity contribution is 7.19. The zero-order valence-electron chi connectivity index (χ0n) is 9.61. The maximum Gasteiger partial charge on any atom is 0.125 e. The molecule has 4 heteroatoms. The van der Waals surface area contributed by atoms with Crippen LogP contribution in [0.25, 0.3) is 10.6 Å². The number of aryl methyl sites for hydroxylation is 1. The summed E-state index contributed by atoms with van der Waals surface area (Å²) < 4.78 is 0.675. The fourth-order valence-electron chi connectivity index (χ4n) is 1.60. The summed E-state index contributed by atoms with van der Waals surface area (Å²) in [6.45, 7) is 2.21. The number of nitrogens with zero attached hydrogens (tertiary/aromatic N) is 1. The quantitative estimate of drug-likeness (QED) is 0.919. The van der Waals surface area contributed by atoms with Crippen LogP contribution in [-0.2, 0) is 12.8 Å². The van der Waals surface area contributed by atoms with Crippen molar-refractivity contribution in [3.63, 3.8) is 0 Å². The Hall–Kier alpha value is -0.900. The smallest absolute Gasteiger partial charge is 0.125 e. The van der Waals surface area contributed by atoms with Gasteiger partial charge in [0.2, 0.25) is 0 Å². The number of aromatic nitrogens is 1. The van der Waals surface area contributed by atoms with Crippen molar-refractivity contribution in [2.45, 2.75) is 19.8 Å². The van der Waals surface area contributed by atoms with Gasteiger partial charge in [-0.25, -0.2) is 4.98 Å². The number of aliphatic hydroxyl groups excluding tert-OH is 1. The van der Waals surface area contributed by atoms with Gasteiger partial charge in [0.1, 0.15) is 9.34 Å². The number of hydrogen-bond acceptors (Lipinski definition) is 3. The van der Waals surface area contributed by atoms with Gasteiger partial charge >= 0.3 is 0 Å². The van der Waals surface area contributed by atoms with Crippen molar-refractivity contribution in [1.82, 2.24) is 4.98 Å². The van der Waals surface area contributed by atoms with Crippen molar-refractivity contribution in [3.8, 4) is 10.6 Å². The molecule has 0 radical (unpaired) electrons. The first-order valence-corrected chi connectivity index (χ1v) is 6.79. The lowest BCUT2D eigenvalue weighted by molar-refractivity contribution is 0.298. The van der Waals surface area contributed by atoms with E-state index in [2.05, 4.69) is 36.2 Å². The summed E-state index contributed by atoms with van der Waals surface area (Å²) in [7, 11) is 0. The van der Waals surface area contributed by atoms with Gasteiger partial charge in [-0.3, -0.25) is 0 Å². The average molecular weight is 268 g/mol. The molecule has 0 aliphatic carbocycles. The van der Waals surface area contributed by atoms with E-state index in [0.29, 0.717) is 10.8 Å². The minimum absolute atomic E-state index is 0.0810. The second-order valence-electron chi connectivity index (χ2n) is 3.76. The highest BCUT2D eigenvalue weighted by atomic mass is 35.5. The van der Waals surface area contributed by atoms with E-state index in [1.165, 1.54) is 16.9 Å². The molecule has 0 unspecified atom stereocenters. The minimum Gasteiger partial charge on any atom is -0.396 e. The molecule has 0 atom stereocenters. The van der Waals surface area contributed by atoms with Crippen LogP contribution in [0.4, 0.5) is 0 Å². The molecule has 1 heterocycles.